The van der Waals surface area contributed by atoms with Crippen molar-refractivity contribution >= 4 is 23.2 Å². The summed E-state index contributed by atoms with van der Waals surface area (Å²) in [6.45, 7) is 2.19. The Hall–Kier alpha value is -2.15. The summed E-state index contributed by atoms with van der Waals surface area (Å²) >= 11 is 1.76. The lowest BCUT2D eigenvalue weighted by Crippen LogP contribution is -2.45. The Morgan fingerprint density at radius 3 is 2.96 bits per heavy atom. The molecule has 0 saturated heterocycles. The molecule has 0 fully saturated rings. The van der Waals surface area contributed by atoms with Crippen LogP contribution >= 0.6 is 11.3 Å². The summed E-state index contributed by atoms with van der Waals surface area (Å²) in [6.07, 6.45) is 8.19. The summed E-state index contributed by atoms with van der Waals surface area (Å²) in [6, 6.07) is 0.960. The van der Waals surface area contributed by atoms with Crippen LogP contribution < -0.4 is 10.6 Å². The van der Waals surface area contributed by atoms with Gasteiger partial charge in [0.2, 0.25) is 5.91 Å². The van der Waals surface area contributed by atoms with Crippen molar-refractivity contribution in [2.75, 3.05) is 6.54 Å². The van der Waals surface area contributed by atoms with Crippen LogP contribution in [-0.2, 0) is 24.1 Å². The first-order chi connectivity index (χ1) is 11.6. The van der Waals surface area contributed by atoms with Gasteiger partial charge in [-0.05, 0) is 38.7 Å². The highest BCUT2D eigenvalue weighted by molar-refractivity contribution is 7.11. The van der Waals surface area contributed by atoms with Crippen LogP contribution in [0.3, 0.4) is 0 Å². The Morgan fingerprint density at radius 1 is 1.38 bits per heavy atom. The third-order valence-electron chi connectivity index (χ3n) is 4.05. The number of rotatable bonds is 6. The normalized spacial score (nSPS) is 14.7. The van der Waals surface area contributed by atoms with E-state index in [-0.39, 0.29) is 11.8 Å². The molecule has 2 N–H and O–H groups in total. The van der Waals surface area contributed by atoms with Crippen LogP contribution in [0.5, 0.6) is 0 Å². The molecule has 1 unspecified atom stereocenters. The van der Waals surface area contributed by atoms with Crippen molar-refractivity contribution in [3.63, 3.8) is 0 Å². The van der Waals surface area contributed by atoms with E-state index in [0.29, 0.717) is 12.1 Å². The first kappa shape index (κ1) is 16.7. The lowest BCUT2D eigenvalue weighted by molar-refractivity contribution is -0.122. The Balaban J connectivity index is 1.43. The average molecular weight is 347 g/mol. The van der Waals surface area contributed by atoms with Crippen LogP contribution in [0.25, 0.3) is 0 Å². The van der Waals surface area contributed by atoms with Crippen LogP contribution in [0.2, 0.25) is 0 Å². The largest absolute Gasteiger partial charge is 0.472 e. The molecule has 2 amide bonds. The molecule has 2 heterocycles. The van der Waals surface area contributed by atoms with E-state index in [1.54, 1.807) is 24.3 Å². The Kier molecular flexibility index (Phi) is 5.30. The van der Waals surface area contributed by atoms with E-state index in [1.165, 1.54) is 35.9 Å². The molecule has 0 spiro atoms. The zero-order valence-corrected chi connectivity index (χ0v) is 14.4. The predicted molar refractivity (Wildman–Crippen MR) is 91.1 cm³/mol. The van der Waals surface area contributed by atoms with E-state index in [1.807, 2.05) is 0 Å². The standard InChI is InChI=1S/C17H21N3O3S/c1-11(19-17(22)12-7-9-23-10-12)16(21)18-8-6-15-20-13-4-2-3-5-14(13)24-15/h7,9-11H,2-6,8H2,1H3,(H,18,21)(H,19,22). The van der Waals surface area contributed by atoms with Crippen LogP contribution in [0.4, 0.5) is 0 Å². The zero-order valence-electron chi connectivity index (χ0n) is 13.6. The average Bonchev–Trinajstić information content (AvgIpc) is 3.23. The van der Waals surface area contributed by atoms with Crippen molar-refractivity contribution in [2.24, 2.45) is 0 Å². The maximum atomic E-state index is 12.1. The number of hydrogen-bond donors (Lipinski definition) is 2. The molecule has 1 aliphatic rings. The molecule has 0 saturated carbocycles. The Morgan fingerprint density at radius 2 is 2.21 bits per heavy atom. The fraction of sp³-hybridized carbons (Fsp3) is 0.471. The van der Waals surface area contributed by atoms with E-state index in [2.05, 4.69) is 15.6 Å². The highest BCUT2D eigenvalue weighted by atomic mass is 32.1. The SMILES string of the molecule is CC(NC(=O)c1ccoc1)C(=O)NCCc1nc2c(s1)CCCC2. The van der Waals surface area contributed by atoms with Crippen molar-refractivity contribution in [1.29, 1.82) is 0 Å². The summed E-state index contributed by atoms with van der Waals surface area (Å²) in [7, 11) is 0. The molecule has 1 atom stereocenters. The molecule has 6 nitrogen and oxygen atoms in total. The van der Waals surface area contributed by atoms with Gasteiger partial charge in [0.25, 0.3) is 5.91 Å². The number of carbonyl (C=O) groups is 2. The summed E-state index contributed by atoms with van der Waals surface area (Å²) in [5.74, 6) is -0.521. The van der Waals surface area contributed by atoms with Crippen LogP contribution in [0.1, 0.15) is 45.7 Å². The maximum Gasteiger partial charge on any atom is 0.255 e. The Bertz CT molecular complexity index is 685. The first-order valence-corrected chi connectivity index (χ1v) is 9.03. The van der Waals surface area contributed by atoms with E-state index < -0.39 is 6.04 Å². The van der Waals surface area contributed by atoms with E-state index in [0.717, 1.165) is 24.3 Å². The summed E-state index contributed by atoms with van der Waals surface area (Å²) < 4.78 is 4.86. The van der Waals surface area contributed by atoms with Crippen molar-refractivity contribution in [2.45, 2.75) is 45.1 Å². The molecule has 2 aromatic rings. The van der Waals surface area contributed by atoms with Gasteiger partial charge in [-0.2, -0.15) is 0 Å². The minimum absolute atomic E-state index is 0.201. The highest BCUT2D eigenvalue weighted by Crippen LogP contribution is 2.26. The number of nitrogens with zero attached hydrogens (tertiary/aromatic N) is 1. The lowest BCUT2D eigenvalue weighted by atomic mass is 10.0. The van der Waals surface area contributed by atoms with Crippen molar-refractivity contribution in [3.8, 4) is 0 Å². The van der Waals surface area contributed by atoms with E-state index >= 15 is 0 Å². The van der Waals surface area contributed by atoms with Crippen molar-refractivity contribution < 1.29 is 14.0 Å². The smallest absolute Gasteiger partial charge is 0.255 e. The van der Waals surface area contributed by atoms with Gasteiger partial charge in [0.05, 0.1) is 22.5 Å². The fourth-order valence-corrected chi connectivity index (χ4v) is 3.85. The van der Waals surface area contributed by atoms with Crippen molar-refractivity contribution in [1.82, 2.24) is 15.6 Å². The molecule has 24 heavy (non-hydrogen) atoms. The third-order valence-corrected chi connectivity index (χ3v) is 5.27. The number of amides is 2. The first-order valence-electron chi connectivity index (χ1n) is 8.21. The molecule has 2 aromatic heterocycles. The van der Waals surface area contributed by atoms with Gasteiger partial charge in [-0.1, -0.05) is 0 Å². The predicted octanol–water partition coefficient (Wildman–Crippen LogP) is 2.09. The van der Waals surface area contributed by atoms with Gasteiger partial charge in [0, 0.05) is 17.8 Å². The molecule has 1 aliphatic carbocycles. The Labute approximate surface area is 144 Å². The summed E-state index contributed by atoms with van der Waals surface area (Å²) in [5.41, 5.74) is 1.65. The van der Waals surface area contributed by atoms with Gasteiger partial charge in [0.1, 0.15) is 12.3 Å². The van der Waals surface area contributed by atoms with Crippen LogP contribution in [-0.4, -0.2) is 29.4 Å². The lowest BCUT2D eigenvalue weighted by Gasteiger charge is -2.13. The maximum absolute atomic E-state index is 12.1. The van der Waals surface area contributed by atoms with Gasteiger partial charge in [0.15, 0.2) is 0 Å². The quantitative estimate of drug-likeness (QED) is 0.838. The topological polar surface area (TPSA) is 84.2 Å². The van der Waals surface area contributed by atoms with Gasteiger partial charge < -0.3 is 15.1 Å². The molecule has 128 valence electrons. The number of carbonyl (C=O) groups excluding carboxylic acids is 2. The van der Waals surface area contributed by atoms with E-state index in [9.17, 15) is 9.59 Å². The molecule has 7 heteroatoms. The minimum atomic E-state index is -0.600. The van der Waals surface area contributed by atoms with Gasteiger partial charge in [-0.3, -0.25) is 9.59 Å². The van der Waals surface area contributed by atoms with E-state index in [4.69, 9.17) is 4.42 Å². The molecule has 0 radical (unpaired) electrons. The zero-order chi connectivity index (χ0) is 16.9. The number of thiazole rings is 1. The van der Waals surface area contributed by atoms with Crippen molar-refractivity contribution in [3.05, 3.63) is 39.7 Å². The highest BCUT2D eigenvalue weighted by Gasteiger charge is 2.18. The molecular weight excluding hydrogens is 326 g/mol. The second-order valence-corrected chi connectivity index (χ2v) is 7.10. The summed E-state index contributed by atoms with van der Waals surface area (Å²) in [5, 5.41) is 6.58. The van der Waals surface area contributed by atoms with Crippen LogP contribution in [0.15, 0.2) is 23.0 Å². The fourth-order valence-electron chi connectivity index (χ4n) is 2.70. The number of aryl methyl sites for hydroxylation is 2. The van der Waals surface area contributed by atoms with Crippen LogP contribution in [0, 0.1) is 0 Å². The molecule has 0 aromatic carbocycles. The molecule has 3 rings (SSSR count). The molecule has 0 bridgehead atoms. The minimum Gasteiger partial charge on any atom is -0.472 e. The molecule has 0 aliphatic heterocycles. The second-order valence-electron chi connectivity index (χ2n) is 5.93. The number of fused-ring (bicyclic) bond motifs is 1. The third kappa shape index (κ3) is 4.03. The van der Waals surface area contributed by atoms with Gasteiger partial charge in [-0.15, -0.1) is 11.3 Å². The number of aromatic nitrogens is 1. The monoisotopic (exact) mass is 347 g/mol. The van der Waals surface area contributed by atoms with Gasteiger partial charge in [-0.25, -0.2) is 4.98 Å². The number of hydrogen-bond acceptors (Lipinski definition) is 5. The number of furan rings is 1. The summed E-state index contributed by atoms with van der Waals surface area (Å²) in [4.78, 5) is 30.0. The second kappa shape index (κ2) is 7.61. The molecular formula is C17H21N3O3S. The van der Waals surface area contributed by atoms with Gasteiger partial charge >= 0.3 is 0 Å². The number of nitrogens with one attached hydrogen (secondary N) is 2.